The summed E-state index contributed by atoms with van der Waals surface area (Å²) in [5, 5.41) is 3.05. The number of furan rings is 1. The number of methoxy groups -OCH3 is 1. The molecular weight excluding hydrogens is 522 g/mol. The third kappa shape index (κ3) is 5.14. The van der Waals surface area contributed by atoms with E-state index >= 15 is 0 Å². The number of benzene rings is 2. The number of hydrogen-bond acceptors (Lipinski definition) is 7. The zero-order valence-corrected chi connectivity index (χ0v) is 22.2. The lowest BCUT2D eigenvalue weighted by atomic mass is 9.95. The zero-order chi connectivity index (χ0) is 27.6. The van der Waals surface area contributed by atoms with Crippen molar-refractivity contribution in [1.29, 1.82) is 0 Å². The van der Waals surface area contributed by atoms with Gasteiger partial charge in [-0.15, -0.1) is 0 Å². The molecule has 2 aliphatic rings. The first-order valence-electron chi connectivity index (χ1n) is 12.8. The molecule has 39 heavy (non-hydrogen) atoms. The molecule has 0 saturated heterocycles. The standard InChI is InChI=1S/C28H29N3O7S/c1-37-21-12-7-11-20(17-21)31(25(32)18-30-28(34)22-13-5-6-15-24(22)39(30,35)36)26(23-14-8-16-38-23)27(33)29-19-9-3-2-4-10-19/h5-8,11-17,19,26H,2-4,9-10,18H2,1H3,(H,29,33)/t26-/m1/s1. The molecule has 204 valence electrons. The number of ether oxygens (including phenoxy) is 1. The summed E-state index contributed by atoms with van der Waals surface area (Å²) in [6.45, 7) is -0.805. The van der Waals surface area contributed by atoms with E-state index in [0.29, 0.717) is 10.1 Å². The van der Waals surface area contributed by atoms with Crippen LogP contribution < -0.4 is 15.0 Å². The van der Waals surface area contributed by atoms with Gasteiger partial charge in [-0.1, -0.05) is 37.5 Å². The fourth-order valence-corrected chi connectivity index (χ4v) is 6.65. The summed E-state index contributed by atoms with van der Waals surface area (Å²) >= 11 is 0. The maximum absolute atomic E-state index is 14.0. The van der Waals surface area contributed by atoms with E-state index in [-0.39, 0.29) is 27.9 Å². The summed E-state index contributed by atoms with van der Waals surface area (Å²) in [6, 6.07) is 14.2. The van der Waals surface area contributed by atoms with Crippen molar-refractivity contribution in [3.8, 4) is 5.75 Å². The number of amides is 3. The number of hydrogen-bond donors (Lipinski definition) is 1. The van der Waals surface area contributed by atoms with Crippen molar-refractivity contribution in [2.45, 2.75) is 49.1 Å². The Morgan fingerprint density at radius 3 is 2.54 bits per heavy atom. The summed E-state index contributed by atoms with van der Waals surface area (Å²) in [5.41, 5.74) is 0.275. The maximum Gasteiger partial charge on any atom is 0.269 e. The van der Waals surface area contributed by atoms with Crippen LogP contribution in [-0.2, 0) is 19.6 Å². The smallest absolute Gasteiger partial charge is 0.269 e. The molecule has 2 aromatic carbocycles. The number of anilines is 1. The van der Waals surface area contributed by atoms with Crippen LogP contribution in [-0.4, -0.2) is 50.1 Å². The Morgan fingerprint density at radius 1 is 1.08 bits per heavy atom. The molecule has 1 atom stereocenters. The molecule has 1 aliphatic carbocycles. The molecule has 5 rings (SSSR count). The molecule has 3 amide bonds. The molecule has 11 heteroatoms. The Balaban J connectivity index is 1.54. The van der Waals surface area contributed by atoms with Crippen molar-refractivity contribution in [2.24, 2.45) is 0 Å². The third-order valence-electron chi connectivity index (χ3n) is 7.06. The number of fused-ring (bicyclic) bond motifs is 1. The van der Waals surface area contributed by atoms with Crippen molar-refractivity contribution < 1.29 is 32.0 Å². The van der Waals surface area contributed by atoms with E-state index < -0.39 is 40.3 Å². The van der Waals surface area contributed by atoms with Crippen LogP contribution in [0.5, 0.6) is 5.75 Å². The second-order valence-corrected chi connectivity index (χ2v) is 11.4. The molecule has 1 aliphatic heterocycles. The molecule has 1 saturated carbocycles. The van der Waals surface area contributed by atoms with Crippen molar-refractivity contribution in [3.05, 3.63) is 78.3 Å². The van der Waals surface area contributed by atoms with Crippen LogP contribution in [0, 0.1) is 0 Å². The first-order chi connectivity index (χ1) is 18.8. The number of carbonyl (C=O) groups is 3. The third-order valence-corrected chi connectivity index (χ3v) is 8.85. The fourth-order valence-electron chi connectivity index (χ4n) is 5.13. The van der Waals surface area contributed by atoms with Crippen LogP contribution in [0.25, 0.3) is 0 Å². The lowest BCUT2D eigenvalue weighted by molar-refractivity contribution is -0.127. The van der Waals surface area contributed by atoms with Gasteiger partial charge in [-0.3, -0.25) is 19.3 Å². The largest absolute Gasteiger partial charge is 0.497 e. The second kappa shape index (κ2) is 10.9. The van der Waals surface area contributed by atoms with E-state index in [1.54, 1.807) is 42.5 Å². The monoisotopic (exact) mass is 551 g/mol. The van der Waals surface area contributed by atoms with E-state index in [9.17, 15) is 22.8 Å². The van der Waals surface area contributed by atoms with Crippen molar-refractivity contribution in [2.75, 3.05) is 18.6 Å². The lowest BCUT2D eigenvalue weighted by Gasteiger charge is -2.33. The molecule has 1 aromatic heterocycles. The molecule has 1 fully saturated rings. The Labute approximate surface area is 226 Å². The summed E-state index contributed by atoms with van der Waals surface area (Å²) in [7, 11) is -2.78. The van der Waals surface area contributed by atoms with Crippen LogP contribution in [0.1, 0.15) is 54.3 Å². The van der Waals surface area contributed by atoms with Gasteiger partial charge < -0.3 is 14.5 Å². The van der Waals surface area contributed by atoms with Gasteiger partial charge in [0.15, 0.2) is 6.04 Å². The molecule has 1 N–H and O–H groups in total. The highest BCUT2D eigenvalue weighted by molar-refractivity contribution is 7.90. The lowest BCUT2D eigenvalue weighted by Crippen LogP contribution is -2.50. The van der Waals surface area contributed by atoms with Crippen molar-refractivity contribution in [1.82, 2.24) is 9.62 Å². The highest BCUT2D eigenvalue weighted by atomic mass is 32.2. The summed E-state index contributed by atoms with van der Waals surface area (Å²) < 4.78 is 37.9. The topological polar surface area (TPSA) is 126 Å². The van der Waals surface area contributed by atoms with E-state index in [2.05, 4.69) is 5.32 Å². The minimum atomic E-state index is -4.25. The Bertz CT molecular complexity index is 1480. The molecule has 10 nitrogen and oxygen atoms in total. The average Bonchev–Trinajstić information content (AvgIpc) is 3.54. The summed E-state index contributed by atoms with van der Waals surface area (Å²) in [6.07, 6.45) is 6.12. The normalized spacial score (nSPS) is 17.4. The van der Waals surface area contributed by atoms with Crippen LogP contribution in [0.4, 0.5) is 5.69 Å². The fraction of sp³-hybridized carbons (Fsp3) is 0.321. The van der Waals surface area contributed by atoms with Gasteiger partial charge in [-0.05, 0) is 49.2 Å². The number of carbonyl (C=O) groups excluding carboxylic acids is 3. The van der Waals surface area contributed by atoms with Crippen molar-refractivity contribution >= 4 is 33.4 Å². The van der Waals surface area contributed by atoms with Gasteiger partial charge in [0.25, 0.3) is 21.8 Å². The van der Waals surface area contributed by atoms with Gasteiger partial charge in [0.05, 0.1) is 18.9 Å². The van der Waals surface area contributed by atoms with E-state index in [0.717, 1.165) is 32.1 Å². The van der Waals surface area contributed by atoms with Gasteiger partial charge in [-0.2, -0.15) is 0 Å². The Morgan fingerprint density at radius 2 is 1.85 bits per heavy atom. The predicted molar refractivity (Wildman–Crippen MR) is 142 cm³/mol. The highest BCUT2D eigenvalue weighted by Gasteiger charge is 2.44. The predicted octanol–water partition coefficient (Wildman–Crippen LogP) is 3.66. The van der Waals surface area contributed by atoms with E-state index in [1.807, 2.05) is 0 Å². The zero-order valence-electron chi connectivity index (χ0n) is 21.4. The van der Waals surface area contributed by atoms with Crippen LogP contribution in [0.15, 0.2) is 76.2 Å². The van der Waals surface area contributed by atoms with Crippen LogP contribution >= 0.6 is 0 Å². The Kier molecular flexibility index (Phi) is 7.42. The highest BCUT2D eigenvalue weighted by Crippen LogP contribution is 2.34. The minimum Gasteiger partial charge on any atom is -0.497 e. The number of sulfonamides is 1. The molecule has 3 aromatic rings. The first-order valence-corrected chi connectivity index (χ1v) is 14.2. The van der Waals surface area contributed by atoms with Crippen LogP contribution in [0.2, 0.25) is 0 Å². The van der Waals surface area contributed by atoms with Gasteiger partial charge in [0, 0.05) is 17.8 Å². The molecule has 0 bridgehead atoms. The van der Waals surface area contributed by atoms with E-state index in [4.69, 9.17) is 9.15 Å². The number of rotatable bonds is 8. The SMILES string of the molecule is COc1cccc(N(C(=O)CN2C(=O)c3ccccc3S2(=O)=O)[C@@H](C(=O)NC2CCCCC2)c2ccco2)c1. The van der Waals surface area contributed by atoms with Gasteiger partial charge >= 0.3 is 0 Å². The van der Waals surface area contributed by atoms with Gasteiger partial charge in [0.2, 0.25) is 5.91 Å². The number of nitrogens with one attached hydrogen (secondary N) is 1. The molecule has 2 heterocycles. The average molecular weight is 552 g/mol. The quantitative estimate of drug-likeness (QED) is 0.453. The summed E-state index contributed by atoms with van der Waals surface area (Å²) in [4.78, 5) is 41.9. The number of nitrogens with zero attached hydrogens (tertiary/aromatic N) is 2. The van der Waals surface area contributed by atoms with Gasteiger partial charge in [0.1, 0.15) is 22.9 Å². The summed E-state index contributed by atoms with van der Waals surface area (Å²) in [5.74, 6) is -1.43. The first kappa shape index (κ1) is 26.5. The molecule has 0 radical (unpaired) electrons. The molecule has 0 unspecified atom stereocenters. The Hall–Kier alpha value is -4.12. The second-order valence-electron chi connectivity index (χ2n) is 9.54. The molecule has 0 spiro atoms. The van der Waals surface area contributed by atoms with Crippen LogP contribution in [0.3, 0.4) is 0 Å². The maximum atomic E-state index is 14.0. The minimum absolute atomic E-state index is 0.00384. The van der Waals surface area contributed by atoms with Gasteiger partial charge in [-0.25, -0.2) is 12.7 Å². The molecular formula is C28H29N3O7S. The van der Waals surface area contributed by atoms with Crippen molar-refractivity contribution in [3.63, 3.8) is 0 Å². The van der Waals surface area contributed by atoms with E-state index in [1.165, 1.54) is 36.5 Å².